The lowest BCUT2D eigenvalue weighted by Gasteiger charge is -2.32. The SMILES string of the molecule is CC(C)(C)c1nnc(C(=O)N2CCc3[nH]cnc3[C@H]2c2cc3ccc(F)cn3n2)o1. The molecule has 0 spiro atoms. The van der Waals surface area contributed by atoms with Crippen LogP contribution in [0.3, 0.4) is 0 Å². The Morgan fingerprint density at radius 1 is 1.30 bits per heavy atom. The van der Waals surface area contributed by atoms with Gasteiger partial charge in [-0.3, -0.25) is 4.79 Å². The molecule has 0 saturated heterocycles. The zero-order valence-electron chi connectivity index (χ0n) is 16.8. The van der Waals surface area contributed by atoms with Crippen molar-refractivity contribution in [1.29, 1.82) is 0 Å². The third kappa shape index (κ3) is 2.95. The average molecular weight is 409 g/mol. The van der Waals surface area contributed by atoms with Crippen molar-refractivity contribution in [1.82, 2.24) is 34.7 Å². The molecule has 5 heterocycles. The molecule has 1 aliphatic rings. The Balaban J connectivity index is 1.58. The molecule has 0 fully saturated rings. The summed E-state index contributed by atoms with van der Waals surface area (Å²) in [5.41, 5.74) is 2.57. The number of hydrogen-bond donors (Lipinski definition) is 1. The van der Waals surface area contributed by atoms with Crippen molar-refractivity contribution in [2.45, 2.75) is 38.6 Å². The lowest BCUT2D eigenvalue weighted by atomic mass is 9.97. The van der Waals surface area contributed by atoms with E-state index in [9.17, 15) is 9.18 Å². The maximum absolute atomic E-state index is 13.6. The molecule has 9 nitrogen and oxygen atoms in total. The number of amides is 1. The summed E-state index contributed by atoms with van der Waals surface area (Å²) in [4.78, 5) is 22.5. The maximum atomic E-state index is 13.6. The van der Waals surface area contributed by atoms with Crippen LogP contribution in [0.15, 0.2) is 35.1 Å². The highest BCUT2D eigenvalue weighted by atomic mass is 19.1. The molecule has 0 radical (unpaired) electrons. The first-order valence-electron chi connectivity index (χ1n) is 9.63. The van der Waals surface area contributed by atoms with Crippen molar-refractivity contribution >= 4 is 11.4 Å². The predicted molar refractivity (Wildman–Crippen MR) is 103 cm³/mol. The summed E-state index contributed by atoms with van der Waals surface area (Å²) in [5, 5.41) is 12.5. The third-order valence-electron chi connectivity index (χ3n) is 5.16. The van der Waals surface area contributed by atoms with Gasteiger partial charge in [0.2, 0.25) is 5.89 Å². The van der Waals surface area contributed by atoms with Gasteiger partial charge in [0.25, 0.3) is 0 Å². The van der Waals surface area contributed by atoms with Crippen LogP contribution in [0.4, 0.5) is 4.39 Å². The fourth-order valence-electron chi connectivity index (χ4n) is 3.65. The van der Waals surface area contributed by atoms with E-state index in [0.29, 0.717) is 35.8 Å². The molecule has 4 aromatic heterocycles. The minimum Gasteiger partial charge on any atom is -0.416 e. The summed E-state index contributed by atoms with van der Waals surface area (Å²) in [5.74, 6) is -0.462. The van der Waals surface area contributed by atoms with Gasteiger partial charge in [0.05, 0.1) is 29.4 Å². The number of hydrogen-bond acceptors (Lipinski definition) is 6. The molecule has 4 aromatic rings. The van der Waals surface area contributed by atoms with Crippen LogP contribution in [0.2, 0.25) is 0 Å². The summed E-state index contributed by atoms with van der Waals surface area (Å²) in [7, 11) is 0. The zero-order valence-corrected chi connectivity index (χ0v) is 16.8. The first-order chi connectivity index (χ1) is 14.3. The van der Waals surface area contributed by atoms with Crippen molar-refractivity contribution in [2.24, 2.45) is 0 Å². The Bertz CT molecular complexity index is 1250. The summed E-state index contributed by atoms with van der Waals surface area (Å²) in [6, 6.07) is 4.28. The van der Waals surface area contributed by atoms with Crippen LogP contribution < -0.4 is 0 Å². The van der Waals surface area contributed by atoms with Crippen LogP contribution in [0.5, 0.6) is 0 Å². The summed E-state index contributed by atoms with van der Waals surface area (Å²) in [6.45, 7) is 6.23. The highest BCUT2D eigenvalue weighted by molar-refractivity contribution is 5.90. The monoisotopic (exact) mass is 409 g/mol. The Morgan fingerprint density at radius 2 is 2.13 bits per heavy atom. The molecule has 1 atom stereocenters. The number of aromatic nitrogens is 6. The number of nitrogens with one attached hydrogen (secondary N) is 1. The van der Waals surface area contributed by atoms with Gasteiger partial charge in [-0.1, -0.05) is 20.8 Å². The lowest BCUT2D eigenvalue weighted by molar-refractivity contribution is 0.0642. The number of fused-ring (bicyclic) bond motifs is 2. The average Bonchev–Trinajstić information content (AvgIpc) is 3.43. The Hall–Kier alpha value is -3.56. The molecule has 1 N–H and O–H groups in total. The molecular formula is C20H20FN7O2. The third-order valence-corrected chi connectivity index (χ3v) is 5.16. The van der Waals surface area contributed by atoms with E-state index in [1.165, 1.54) is 16.8 Å². The van der Waals surface area contributed by atoms with Crippen LogP contribution in [0, 0.1) is 5.82 Å². The van der Waals surface area contributed by atoms with Crippen molar-refractivity contribution in [3.05, 3.63) is 65.4 Å². The topological polar surface area (TPSA) is 105 Å². The highest BCUT2D eigenvalue weighted by Gasteiger charge is 2.38. The van der Waals surface area contributed by atoms with E-state index in [1.807, 2.05) is 26.8 Å². The van der Waals surface area contributed by atoms with Gasteiger partial charge in [0.1, 0.15) is 11.9 Å². The number of halogens is 1. The van der Waals surface area contributed by atoms with Crippen molar-refractivity contribution in [3.8, 4) is 0 Å². The summed E-state index contributed by atoms with van der Waals surface area (Å²) >= 11 is 0. The van der Waals surface area contributed by atoms with E-state index >= 15 is 0 Å². The van der Waals surface area contributed by atoms with E-state index in [4.69, 9.17) is 4.42 Å². The van der Waals surface area contributed by atoms with E-state index in [0.717, 1.165) is 5.69 Å². The fraction of sp³-hybridized carbons (Fsp3) is 0.350. The van der Waals surface area contributed by atoms with Gasteiger partial charge in [-0.2, -0.15) is 5.10 Å². The second-order valence-corrected chi connectivity index (χ2v) is 8.37. The first-order valence-corrected chi connectivity index (χ1v) is 9.63. The smallest absolute Gasteiger partial charge is 0.312 e. The number of carbonyl (C=O) groups is 1. The second-order valence-electron chi connectivity index (χ2n) is 8.37. The van der Waals surface area contributed by atoms with Gasteiger partial charge < -0.3 is 14.3 Å². The first kappa shape index (κ1) is 18.5. The Labute approximate surface area is 170 Å². The van der Waals surface area contributed by atoms with Crippen LogP contribution >= 0.6 is 0 Å². The molecule has 154 valence electrons. The fourth-order valence-corrected chi connectivity index (χ4v) is 3.65. The van der Waals surface area contributed by atoms with E-state index < -0.39 is 11.9 Å². The highest BCUT2D eigenvalue weighted by Crippen LogP contribution is 2.34. The number of imidazole rings is 1. The number of pyridine rings is 1. The van der Waals surface area contributed by atoms with Crippen LogP contribution in [0.25, 0.3) is 5.52 Å². The quantitative estimate of drug-likeness (QED) is 0.546. The maximum Gasteiger partial charge on any atom is 0.312 e. The number of carbonyl (C=O) groups excluding carboxylic acids is 1. The van der Waals surface area contributed by atoms with Crippen LogP contribution in [-0.2, 0) is 11.8 Å². The minimum atomic E-state index is -0.555. The minimum absolute atomic E-state index is 0.0706. The predicted octanol–water partition coefficient (Wildman–Crippen LogP) is 2.66. The van der Waals surface area contributed by atoms with Gasteiger partial charge in [-0.25, -0.2) is 13.9 Å². The van der Waals surface area contributed by atoms with Gasteiger partial charge in [-0.15, -0.1) is 10.2 Å². The molecule has 1 amide bonds. The van der Waals surface area contributed by atoms with Gasteiger partial charge >= 0.3 is 11.8 Å². The van der Waals surface area contributed by atoms with Crippen molar-refractivity contribution < 1.29 is 13.6 Å². The molecule has 10 heteroatoms. The van der Waals surface area contributed by atoms with Gasteiger partial charge in [0, 0.05) is 24.1 Å². The Kier molecular flexibility index (Phi) is 3.99. The molecular weight excluding hydrogens is 389 g/mol. The lowest BCUT2D eigenvalue weighted by Crippen LogP contribution is -2.41. The van der Waals surface area contributed by atoms with Crippen LogP contribution in [0.1, 0.15) is 60.5 Å². The molecule has 0 aromatic carbocycles. The van der Waals surface area contributed by atoms with Crippen molar-refractivity contribution in [2.75, 3.05) is 6.54 Å². The standard InChI is InChI=1S/C20H20FN7O2/c1-20(2,3)19-25-24-17(30-19)18(29)27-7-6-13-15(23-10-22-13)16(27)14-8-12-5-4-11(21)9-28(12)26-14/h4-5,8-10,16H,6-7H2,1-3H3,(H,22,23)/t16-/m1/s1. The molecule has 1 aliphatic heterocycles. The number of nitrogens with zero attached hydrogens (tertiary/aromatic N) is 6. The number of H-pyrrole nitrogens is 1. The molecule has 30 heavy (non-hydrogen) atoms. The van der Waals surface area contributed by atoms with Crippen molar-refractivity contribution in [3.63, 3.8) is 0 Å². The van der Waals surface area contributed by atoms with E-state index in [1.54, 1.807) is 17.3 Å². The second kappa shape index (κ2) is 6.48. The largest absolute Gasteiger partial charge is 0.416 e. The molecule has 0 aliphatic carbocycles. The molecule has 0 unspecified atom stereocenters. The molecule has 0 bridgehead atoms. The van der Waals surface area contributed by atoms with E-state index in [2.05, 4.69) is 25.3 Å². The summed E-state index contributed by atoms with van der Waals surface area (Å²) < 4.78 is 20.8. The van der Waals surface area contributed by atoms with Gasteiger partial charge in [0.15, 0.2) is 0 Å². The van der Waals surface area contributed by atoms with Gasteiger partial charge in [-0.05, 0) is 18.2 Å². The molecule has 5 rings (SSSR count). The number of rotatable bonds is 2. The normalized spacial score (nSPS) is 16.8. The number of aromatic amines is 1. The Morgan fingerprint density at radius 3 is 2.90 bits per heavy atom. The van der Waals surface area contributed by atoms with Crippen LogP contribution in [-0.4, -0.2) is 47.1 Å². The molecule has 0 saturated carbocycles. The summed E-state index contributed by atoms with van der Waals surface area (Å²) in [6.07, 6.45) is 3.51. The van der Waals surface area contributed by atoms with E-state index in [-0.39, 0.29) is 17.2 Å². The zero-order chi connectivity index (χ0) is 21.0.